The molecule has 0 aliphatic rings. The van der Waals surface area contributed by atoms with Gasteiger partial charge in [0.05, 0.1) is 0 Å². The molecule has 0 aromatic rings. The first-order valence-electron chi connectivity index (χ1n) is 5.74. The lowest BCUT2D eigenvalue weighted by molar-refractivity contribution is 0.637. The highest BCUT2D eigenvalue weighted by molar-refractivity contribution is 5.02. The lowest BCUT2D eigenvalue weighted by Crippen LogP contribution is -1.75. The summed E-state index contributed by atoms with van der Waals surface area (Å²) >= 11 is 0. The highest BCUT2D eigenvalue weighted by Crippen LogP contribution is 2.05. The fourth-order valence-corrected chi connectivity index (χ4v) is 1.26. The Hall–Kier alpha value is -1.21. The second-order valence-electron chi connectivity index (χ2n) is 3.47. The zero-order valence-corrected chi connectivity index (χ0v) is 9.60. The van der Waals surface area contributed by atoms with Crippen molar-refractivity contribution in [1.29, 1.82) is 0 Å². The normalized spacial score (nSPS) is 11.0. The van der Waals surface area contributed by atoms with Crippen molar-refractivity contribution in [3.63, 3.8) is 0 Å². The van der Waals surface area contributed by atoms with Crippen LogP contribution in [0.1, 0.15) is 45.4 Å². The molecule has 0 radical (unpaired) electrons. The van der Waals surface area contributed by atoms with Crippen molar-refractivity contribution >= 4 is 0 Å². The molecule has 0 amide bonds. The van der Waals surface area contributed by atoms with Crippen molar-refractivity contribution in [2.45, 2.75) is 45.4 Å². The second kappa shape index (κ2) is 12.8. The third kappa shape index (κ3) is 12.8. The molecule has 0 saturated heterocycles. The maximum Gasteiger partial charge on any atom is 0.0443 e. The molecule has 3 nitrogen and oxygen atoms in total. The van der Waals surface area contributed by atoms with Crippen molar-refractivity contribution in [2.75, 3.05) is 6.54 Å². The van der Waals surface area contributed by atoms with Crippen LogP contribution in [0.2, 0.25) is 0 Å². The van der Waals surface area contributed by atoms with Crippen LogP contribution in [-0.4, -0.2) is 6.54 Å². The van der Waals surface area contributed by atoms with E-state index in [-0.39, 0.29) is 0 Å². The molecule has 0 spiro atoms. The minimum absolute atomic E-state index is 0.442. The average molecular weight is 207 g/mol. The standard InChI is InChI=1S/C12H21N3/c1-2-3-4-5-6-7-8-9-10-11-12-14-15-13/h8-11H,2-7,12H2,1H3. The number of unbranched alkanes of at least 4 members (excludes halogenated alkanes) is 5. The van der Waals surface area contributed by atoms with Gasteiger partial charge >= 0.3 is 0 Å². The second-order valence-corrected chi connectivity index (χ2v) is 3.47. The molecule has 0 bridgehead atoms. The Bertz CT molecular complexity index is 225. The molecule has 0 rings (SSSR count). The highest BCUT2D eigenvalue weighted by Gasteiger charge is 1.85. The minimum Gasteiger partial charge on any atom is -0.0899 e. The lowest BCUT2D eigenvalue weighted by atomic mass is 10.1. The van der Waals surface area contributed by atoms with Gasteiger partial charge in [0.15, 0.2) is 0 Å². The molecule has 0 fully saturated rings. The average Bonchev–Trinajstić information content (AvgIpc) is 2.26. The van der Waals surface area contributed by atoms with Crippen molar-refractivity contribution in [3.05, 3.63) is 34.7 Å². The van der Waals surface area contributed by atoms with E-state index in [1.54, 1.807) is 0 Å². The Balaban J connectivity index is 3.23. The number of hydrogen-bond acceptors (Lipinski definition) is 1. The van der Waals surface area contributed by atoms with E-state index in [9.17, 15) is 0 Å². The van der Waals surface area contributed by atoms with Gasteiger partial charge in [0, 0.05) is 11.5 Å². The Labute approximate surface area is 92.5 Å². The molecule has 15 heavy (non-hydrogen) atoms. The molecule has 0 saturated carbocycles. The molecule has 0 unspecified atom stereocenters. The van der Waals surface area contributed by atoms with Crippen molar-refractivity contribution in [1.82, 2.24) is 0 Å². The monoisotopic (exact) mass is 207 g/mol. The summed E-state index contributed by atoms with van der Waals surface area (Å²) in [5.41, 5.74) is 8.02. The first-order chi connectivity index (χ1) is 7.41. The first kappa shape index (κ1) is 13.8. The number of hydrogen-bond donors (Lipinski definition) is 0. The molecule has 0 N–H and O–H groups in total. The molecule has 0 aromatic carbocycles. The highest BCUT2D eigenvalue weighted by atomic mass is 15.1. The molecule has 0 aromatic heterocycles. The van der Waals surface area contributed by atoms with E-state index in [0.29, 0.717) is 6.54 Å². The van der Waals surface area contributed by atoms with Gasteiger partial charge in [-0.25, -0.2) is 0 Å². The predicted molar refractivity (Wildman–Crippen MR) is 65.7 cm³/mol. The topological polar surface area (TPSA) is 48.8 Å². The molecule has 0 heterocycles. The Morgan fingerprint density at radius 1 is 1.07 bits per heavy atom. The Morgan fingerprint density at radius 2 is 1.80 bits per heavy atom. The summed E-state index contributed by atoms with van der Waals surface area (Å²) < 4.78 is 0. The van der Waals surface area contributed by atoms with Crippen LogP contribution in [0.3, 0.4) is 0 Å². The van der Waals surface area contributed by atoms with Crippen LogP contribution in [0, 0.1) is 0 Å². The number of allylic oxidation sites excluding steroid dienone is 3. The molecular formula is C12H21N3. The van der Waals surface area contributed by atoms with E-state index in [2.05, 4.69) is 23.0 Å². The maximum atomic E-state index is 8.02. The third-order valence-electron chi connectivity index (χ3n) is 2.11. The van der Waals surface area contributed by atoms with E-state index >= 15 is 0 Å². The molecule has 0 aliphatic heterocycles. The smallest absolute Gasteiger partial charge is 0.0443 e. The summed E-state index contributed by atoms with van der Waals surface area (Å²) in [7, 11) is 0. The van der Waals surface area contributed by atoms with E-state index in [4.69, 9.17) is 5.53 Å². The fraction of sp³-hybridized carbons (Fsp3) is 0.667. The Morgan fingerprint density at radius 3 is 2.53 bits per heavy atom. The third-order valence-corrected chi connectivity index (χ3v) is 2.11. The van der Waals surface area contributed by atoms with Crippen molar-refractivity contribution in [3.8, 4) is 0 Å². The summed E-state index contributed by atoms with van der Waals surface area (Å²) in [6, 6.07) is 0. The minimum atomic E-state index is 0.442. The molecule has 3 heteroatoms. The van der Waals surface area contributed by atoms with E-state index in [1.165, 1.54) is 32.1 Å². The van der Waals surface area contributed by atoms with Gasteiger partial charge in [-0.3, -0.25) is 0 Å². The van der Waals surface area contributed by atoms with Gasteiger partial charge in [-0.2, -0.15) is 0 Å². The van der Waals surface area contributed by atoms with Gasteiger partial charge in [0.1, 0.15) is 0 Å². The van der Waals surface area contributed by atoms with Gasteiger partial charge in [-0.15, -0.1) is 0 Å². The van der Waals surface area contributed by atoms with Crippen LogP contribution in [0.5, 0.6) is 0 Å². The van der Waals surface area contributed by atoms with Gasteiger partial charge in [-0.05, 0) is 18.4 Å². The fourth-order valence-electron chi connectivity index (χ4n) is 1.26. The maximum absolute atomic E-state index is 8.02. The summed E-state index contributed by atoms with van der Waals surface area (Å²) in [6.07, 6.45) is 15.8. The van der Waals surface area contributed by atoms with Gasteiger partial charge in [0.25, 0.3) is 0 Å². The number of rotatable bonds is 9. The Kier molecular flexibility index (Phi) is 11.8. The SMILES string of the molecule is CCCCCCCC=CC=CCN=[N+]=[N-]. The largest absolute Gasteiger partial charge is 0.0899 e. The van der Waals surface area contributed by atoms with Crippen LogP contribution in [0.4, 0.5) is 0 Å². The zero-order chi connectivity index (χ0) is 11.2. The predicted octanol–water partition coefficient (Wildman–Crippen LogP) is 4.77. The first-order valence-corrected chi connectivity index (χ1v) is 5.74. The van der Waals surface area contributed by atoms with Crippen LogP contribution >= 0.6 is 0 Å². The van der Waals surface area contributed by atoms with E-state index in [1.807, 2.05) is 18.2 Å². The van der Waals surface area contributed by atoms with E-state index in [0.717, 1.165) is 6.42 Å². The lowest BCUT2D eigenvalue weighted by Gasteiger charge is -1.95. The van der Waals surface area contributed by atoms with Crippen molar-refractivity contribution < 1.29 is 0 Å². The summed E-state index contributed by atoms with van der Waals surface area (Å²) in [5.74, 6) is 0. The summed E-state index contributed by atoms with van der Waals surface area (Å²) in [4.78, 5) is 2.66. The molecule has 84 valence electrons. The van der Waals surface area contributed by atoms with Crippen LogP contribution < -0.4 is 0 Å². The number of nitrogens with zero attached hydrogens (tertiary/aromatic N) is 3. The van der Waals surface area contributed by atoms with Crippen LogP contribution in [0.25, 0.3) is 10.4 Å². The van der Waals surface area contributed by atoms with Crippen molar-refractivity contribution in [2.24, 2.45) is 5.11 Å². The van der Waals surface area contributed by atoms with Gasteiger partial charge in [-0.1, -0.05) is 62.0 Å². The van der Waals surface area contributed by atoms with E-state index < -0.39 is 0 Å². The molecular weight excluding hydrogens is 186 g/mol. The molecule has 0 atom stereocenters. The zero-order valence-electron chi connectivity index (χ0n) is 9.60. The van der Waals surface area contributed by atoms with Crippen LogP contribution in [-0.2, 0) is 0 Å². The van der Waals surface area contributed by atoms with Gasteiger partial charge in [0.2, 0.25) is 0 Å². The van der Waals surface area contributed by atoms with Crippen LogP contribution in [0.15, 0.2) is 29.4 Å². The molecule has 0 aliphatic carbocycles. The summed E-state index contributed by atoms with van der Waals surface area (Å²) in [5, 5.41) is 3.40. The quantitative estimate of drug-likeness (QED) is 0.172. The van der Waals surface area contributed by atoms with Gasteiger partial charge < -0.3 is 0 Å². The summed E-state index contributed by atoms with van der Waals surface area (Å²) in [6.45, 7) is 2.67. The number of azide groups is 1.